The van der Waals surface area contributed by atoms with Crippen molar-refractivity contribution in [1.82, 2.24) is 0 Å². The lowest BCUT2D eigenvalue weighted by Crippen LogP contribution is -2.22. The Morgan fingerprint density at radius 3 is 1.83 bits per heavy atom. The number of rotatable bonds is 9. The van der Waals surface area contributed by atoms with Crippen LogP contribution in [0.5, 0.6) is 0 Å². The van der Waals surface area contributed by atoms with Crippen LogP contribution in [0.1, 0.15) is 43.8 Å². The third-order valence-electron chi connectivity index (χ3n) is 3.25. The minimum atomic E-state index is -1.22. The maximum atomic E-state index is 10.9. The Kier molecular flexibility index (Phi) is 6.44. The van der Waals surface area contributed by atoms with Crippen molar-refractivity contribution in [3.05, 3.63) is 46.3 Å². The summed E-state index contributed by atoms with van der Waals surface area (Å²) in [6.45, 7) is 3.24. The summed E-state index contributed by atoms with van der Waals surface area (Å²) in [5, 5.41) is 19.8. The topological polar surface area (TPSA) is 104 Å². The van der Waals surface area contributed by atoms with Crippen LogP contribution in [0, 0.1) is 13.8 Å². The quantitative estimate of drug-likeness (QED) is 0.673. The van der Waals surface area contributed by atoms with Crippen molar-refractivity contribution in [1.29, 1.82) is 0 Å². The second-order valence-corrected chi connectivity index (χ2v) is 7.27. The minimum Gasteiger partial charge on any atom is -0.545 e. The van der Waals surface area contributed by atoms with Crippen LogP contribution in [0.25, 0.3) is 0 Å². The van der Waals surface area contributed by atoms with Crippen LogP contribution in [0.4, 0.5) is 0 Å². The second-order valence-electron chi connectivity index (χ2n) is 5.06. The summed E-state index contributed by atoms with van der Waals surface area (Å²) in [6, 6.07) is 3.06. The van der Waals surface area contributed by atoms with Gasteiger partial charge in [0.15, 0.2) is 0 Å². The molecule has 0 unspecified atom stereocenters. The van der Waals surface area contributed by atoms with E-state index in [2.05, 4.69) is 0 Å². The number of hydrogen-bond donors (Lipinski definition) is 1. The van der Waals surface area contributed by atoms with Gasteiger partial charge >= 0.3 is 5.97 Å². The third kappa shape index (κ3) is 4.85. The number of hydrogen-bond acceptors (Lipinski definition) is 7. The van der Waals surface area contributed by atoms with Gasteiger partial charge in [-0.2, -0.15) is 23.5 Å². The van der Waals surface area contributed by atoms with E-state index in [9.17, 15) is 14.7 Å². The molecule has 8 heteroatoms. The number of aryl methyl sites for hydroxylation is 2. The first-order valence-corrected chi connectivity index (χ1v) is 9.48. The van der Waals surface area contributed by atoms with Crippen LogP contribution in [0.15, 0.2) is 21.0 Å². The van der Waals surface area contributed by atoms with Gasteiger partial charge in [0.25, 0.3) is 0 Å². The fourth-order valence-corrected chi connectivity index (χ4v) is 4.03. The fourth-order valence-electron chi connectivity index (χ4n) is 2.11. The van der Waals surface area contributed by atoms with Crippen LogP contribution < -0.4 is 5.11 Å². The fraction of sp³-hybridized carbons (Fsp3) is 0.375. The normalized spacial score (nSPS) is 10.9. The predicted molar refractivity (Wildman–Crippen MR) is 90.5 cm³/mol. The van der Waals surface area contributed by atoms with Gasteiger partial charge in [-0.1, -0.05) is 0 Å². The molecule has 2 heterocycles. The summed E-state index contributed by atoms with van der Waals surface area (Å²) < 4.78 is 10.8. The molecule has 0 aliphatic heterocycles. The van der Waals surface area contributed by atoms with Crippen LogP contribution >= 0.6 is 23.5 Å². The van der Waals surface area contributed by atoms with E-state index in [0.29, 0.717) is 34.5 Å². The van der Waals surface area contributed by atoms with E-state index >= 15 is 0 Å². The SMILES string of the molecule is Cc1oc(CSCCSCc2cc(C(=O)O)c(C)o2)cc1C(=O)[O-]. The predicted octanol–water partition coefficient (Wildman–Crippen LogP) is 2.72. The van der Waals surface area contributed by atoms with Gasteiger partial charge in [0.05, 0.1) is 17.5 Å². The van der Waals surface area contributed by atoms with Crippen molar-refractivity contribution < 1.29 is 28.6 Å². The van der Waals surface area contributed by atoms with Crippen molar-refractivity contribution in [3.8, 4) is 0 Å². The molecule has 2 aromatic heterocycles. The van der Waals surface area contributed by atoms with Gasteiger partial charge in [-0.05, 0) is 26.0 Å². The molecule has 0 spiro atoms. The molecule has 0 saturated heterocycles. The van der Waals surface area contributed by atoms with E-state index < -0.39 is 11.9 Å². The van der Waals surface area contributed by atoms with Crippen molar-refractivity contribution in [3.63, 3.8) is 0 Å². The largest absolute Gasteiger partial charge is 0.545 e. The van der Waals surface area contributed by atoms with E-state index in [1.54, 1.807) is 43.4 Å². The zero-order valence-corrected chi connectivity index (χ0v) is 14.9. The van der Waals surface area contributed by atoms with Crippen LogP contribution in [-0.4, -0.2) is 28.6 Å². The van der Waals surface area contributed by atoms with Gasteiger partial charge in [-0.15, -0.1) is 0 Å². The molecule has 2 aromatic rings. The molecule has 0 aliphatic rings. The third-order valence-corrected chi connectivity index (χ3v) is 5.47. The highest BCUT2D eigenvalue weighted by molar-refractivity contribution is 8.02. The molecule has 130 valence electrons. The Morgan fingerprint density at radius 2 is 1.46 bits per heavy atom. The number of carbonyl (C=O) groups is 2. The summed E-state index contributed by atoms with van der Waals surface area (Å²) in [5.41, 5.74) is 0.305. The molecule has 6 nitrogen and oxygen atoms in total. The molecule has 0 amide bonds. The van der Waals surface area contributed by atoms with Crippen LogP contribution in [0.2, 0.25) is 0 Å². The maximum Gasteiger partial charge on any atom is 0.339 e. The van der Waals surface area contributed by atoms with Crippen molar-refractivity contribution in [2.45, 2.75) is 25.4 Å². The summed E-state index contributed by atoms with van der Waals surface area (Å²) in [4.78, 5) is 21.8. The maximum absolute atomic E-state index is 10.9. The van der Waals surface area contributed by atoms with Gasteiger partial charge in [-0.25, -0.2) is 4.79 Å². The second kappa shape index (κ2) is 8.34. The Morgan fingerprint density at radius 1 is 1.00 bits per heavy atom. The first kappa shape index (κ1) is 18.5. The van der Waals surface area contributed by atoms with Crippen molar-refractivity contribution in [2.24, 2.45) is 0 Å². The average Bonchev–Trinajstić information content (AvgIpc) is 3.05. The average molecular weight is 369 g/mol. The Labute approximate surface area is 147 Å². The van der Waals surface area contributed by atoms with Crippen molar-refractivity contribution >= 4 is 35.5 Å². The zero-order chi connectivity index (χ0) is 17.7. The standard InChI is InChI=1S/C16H18O6S2/c1-9-13(15(17)18)5-11(21-9)7-23-3-4-24-8-12-6-14(16(19)20)10(2)22-12/h5-6H,3-4,7-8H2,1-2H3,(H,17,18)(H,19,20)/p-1. The van der Waals surface area contributed by atoms with Gasteiger partial charge in [0.1, 0.15) is 28.6 Å². The molecule has 24 heavy (non-hydrogen) atoms. The van der Waals surface area contributed by atoms with Gasteiger partial charge in [0, 0.05) is 17.1 Å². The lowest BCUT2D eigenvalue weighted by Gasteiger charge is -1.99. The molecule has 0 atom stereocenters. The summed E-state index contributed by atoms with van der Waals surface area (Å²) in [6.07, 6.45) is 0. The van der Waals surface area contributed by atoms with E-state index in [1.165, 1.54) is 6.07 Å². The van der Waals surface area contributed by atoms with Crippen LogP contribution in [-0.2, 0) is 11.5 Å². The molecular formula is C16H17O6S2-. The number of thioether (sulfide) groups is 2. The van der Waals surface area contributed by atoms with Crippen LogP contribution in [0.3, 0.4) is 0 Å². The first-order valence-electron chi connectivity index (χ1n) is 7.17. The van der Waals surface area contributed by atoms with E-state index in [1.807, 2.05) is 0 Å². The lowest BCUT2D eigenvalue weighted by molar-refractivity contribution is -0.255. The highest BCUT2D eigenvalue weighted by Gasteiger charge is 2.13. The monoisotopic (exact) mass is 369 g/mol. The van der Waals surface area contributed by atoms with Gasteiger partial charge in [0.2, 0.25) is 0 Å². The zero-order valence-electron chi connectivity index (χ0n) is 13.3. The first-order chi connectivity index (χ1) is 11.4. The number of carboxylic acids is 2. The highest BCUT2D eigenvalue weighted by atomic mass is 32.2. The number of aromatic carboxylic acids is 2. The number of carbonyl (C=O) groups excluding carboxylic acids is 1. The van der Waals surface area contributed by atoms with E-state index in [-0.39, 0.29) is 11.1 Å². The summed E-state index contributed by atoms with van der Waals surface area (Å²) in [5.74, 6) is 2.78. The number of carboxylic acid groups (broad SMARTS) is 2. The van der Waals surface area contributed by atoms with Gasteiger partial charge in [-0.3, -0.25) is 0 Å². The summed E-state index contributed by atoms with van der Waals surface area (Å²) >= 11 is 3.28. The Bertz CT molecular complexity index is 669. The summed E-state index contributed by atoms with van der Waals surface area (Å²) in [7, 11) is 0. The molecule has 1 N–H and O–H groups in total. The smallest absolute Gasteiger partial charge is 0.339 e. The van der Waals surface area contributed by atoms with Gasteiger partial charge < -0.3 is 23.8 Å². The molecular weight excluding hydrogens is 352 g/mol. The molecule has 0 bridgehead atoms. The highest BCUT2D eigenvalue weighted by Crippen LogP contribution is 2.22. The molecule has 0 fully saturated rings. The van der Waals surface area contributed by atoms with Crippen molar-refractivity contribution in [2.75, 3.05) is 11.5 Å². The minimum absolute atomic E-state index is 0.0994. The Balaban J connectivity index is 1.68. The van der Waals surface area contributed by atoms with E-state index in [0.717, 1.165) is 11.5 Å². The number of furan rings is 2. The molecule has 2 rings (SSSR count). The molecule has 0 saturated carbocycles. The molecule has 0 aliphatic carbocycles. The molecule has 0 aromatic carbocycles. The lowest BCUT2D eigenvalue weighted by atomic mass is 10.2. The molecule has 0 radical (unpaired) electrons. The Hall–Kier alpha value is -1.80. The van der Waals surface area contributed by atoms with E-state index in [4.69, 9.17) is 13.9 Å².